The van der Waals surface area contributed by atoms with Gasteiger partial charge < -0.3 is 5.11 Å². The maximum Gasteiger partial charge on any atom is 0.123 e. The molecule has 1 aromatic carbocycles. The van der Waals surface area contributed by atoms with Gasteiger partial charge in [0.2, 0.25) is 0 Å². The van der Waals surface area contributed by atoms with Crippen molar-refractivity contribution in [3.05, 3.63) is 35.6 Å². The van der Waals surface area contributed by atoms with Crippen molar-refractivity contribution in [2.24, 2.45) is 0 Å². The molecule has 0 aromatic heterocycles. The SMILES string of the molecule is C[C@]1(O)CC[C@H](c2[c]ccc(F)c2)CC1. The molecule has 0 heterocycles. The Morgan fingerprint density at radius 3 is 2.73 bits per heavy atom. The molecule has 0 amide bonds. The van der Waals surface area contributed by atoms with Crippen molar-refractivity contribution in [3.63, 3.8) is 0 Å². The number of hydrogen-bond acceptors (Lipinski definition) is 1. The summed E-state index contributed by atoms with van der Waals surface area (Å²) in [5.41, 5.74) is 0.426. The minimum absolute atomic E-state index is 0.193. The van der Waals surface area contributed by atoms with E-state index in [9.17, 15) is 9.50 Å². The zero-order valence-electron chi connectivity index (χ0n) is 8.96. The Balaban J connectivity index is 2.08. The number of rotatable bonds is 1. The van der Waals surface area contributed by atoms with Crippen molar-refractivity contribution in [3.8, 4) is 0 Å². The second-order valence-corrected chi connectivity index (χ2v) is 4.73. The Bertz CT molecular complexity index is 336. The van der Waals surface area contributed by atoms with Crippen molar-refractivity contribution in [2.75, 3.05) is 0 Å². The minimum atomic E-state index is -0.524. The highest BCUT2D eigenvalue weighted by Gasteiger charge is 2.29. The summed E-state index contributed by atoms with van der Waals surface area (Å²) in [4.78, 5) is 0. The molecule has 81 valence electrons. The lowest BCUT2D eigenvalue weighted by Gasteiger charge is -2.33. The third-order valence-corrected chi connectivity index (χ3v) is 3.29. The van der Waals surface area contributed by atoms with E-state index in [4.69, 9.17) is 0 Å². The van der Waals surface area contributed by atoms with Crippen molar-refractivity contribution >= 4 is 0 Å². The zero-order valence-corrected chi connectivity index (χ0v) is 8.96. The first kappa shape index (κ1) is 10.6. The fourth-order valence-electron chi connectivity index (χ4n) is 2.24. The standard InChI is InChI=1S/C13H16FO/c1-13(15)7-5-10(6-8-13)11-3-2-4-12(14)9-11/h2,4,9-10,15H,5-8H2,1H3/t10-,13-. The van der Waals surface area contributed by atoms with Crippen LogP contribution in [0.4, 0.5) is 4.39 Å². The molecule has 1 radical (unpaired) electrons. The van der Waals surface area contributed by atoms with Crippen LogP contribution in [0.1, 0.15) is 44.1 Å². The van der Waals surface area contributed by atoms with Gasteiger partial charge in [0.05, 0.1) is 5.60 Å². The Morgan fingerprint density at radius 2 is 2.13 bits per heavy atom. The van der Waals surface area contributed by atoms with E-state index in [1.807, 2.05) is 6.92 Å². The van der Waals surface area contributed by atoms with Crippen LogP contribution in [-0.2, 0) is 0 Å². The van der Waals surface area contributed by atoms with Crippen molar-refractivity contribution < 1.29 is 9.50 Å². The maximum atomic E-state index is 13.0. The normalized spacial score (nSPS) is 31.5. The molecule has 1 N–H and O–H groups in total. The van der Waals surface area contributed by atoms with Gasteiger partial charge in [-0.1, -0.05) is 6.07 Å². The van der Waals surface area contributed by atoms with Crippen molar-refractivity contribution in [1.29, 1.82) is 0 Å². The molecule has 0 saturated heterocycles. The Kier molecular flexibility index (Phi) is 2.79. The molecule has 0 unspecified atom stereocenters. The molecule has 2 heteroatoms. The van der Waals surface area contributed by atoms with Gasteiger partial charge in [-0.15, -0.1) is 0 Å². The Labute approximate surface area is 89.9 Å². The van der Waals surface area contributed by atoms with Gasteiger partial charge in [0.1, 0.15) is 5.82 Å². The van der Waals surface area contributed by atoms with E-state index in [2.05, 4.69) is 6.07 Å². The van der Waals surface area contributed by atoms with Gasteiger partial charge in [0, 0.05) is 0 Å². The van der Waals surface area contributed by atoms with E-state index in [0.717, 1.165) is 31.2 Å². The lowest BCUT2D eigenvalue weighted by atomic mass is 9.77. The number of benzene rings is 1. The highest BCUT2D eigenvalue weighted by Crippen LogP contribution is 2.37. The summed E-state index contributed by atoms with van der Waals surface area (Å²) in [5, 5.41) is 9.81. The van der Waals surface area contributed by atoms with Crippen LogP contribution in [0.5, 0.6) is 0 Å². The predicted molar refractivity (Wildman–Crippen MR) is 57.1 cm³/mol. The molecule has 2 rings (SSSR count). The summed E-state index contributed by atoms with van der Waals surface area (Å²) in [7, 11) is 0. The molecule has 1 aromatic rings. The Hall–Kier alpha value is -0.890. The first-order chi connectivity index (χ1) is 7.07. The fourth-order valence-corrected chi connectivity index (χ4v) is 2.24. The molecule has 1 saturated carbocycles. The molecule has 0 aliphatic heterocycles. The third kappa shape index (κ3) is 2.57. The van der Waals surface area contributed by atoms with Crippen LogP contribution >= 0.6 is 0 Å². The molecule has 0 bridgehead atoms. The second kappa shape index (κ2) is 3.93. The van der Waals surface area contributed by atoms with Gasteiger partial charge in [0.25, 0.3) is 0 Å². The molecule has 0 spiro atoms. The first-order valence-corrected chi connectivity index (χ1v) is 5.46. The van der Waals surface area contributed by atoms with E-state index in [1.165, 1.54) is 6.07 Å². The quantitative estimate of drug-likeness (QED) is 0.750. The van der Waals surface area contributed by atoms with Crippen LogP contribution in [0.2, 0.25) is 0 Å². The molecule has 1 nitrogen and oxygen atoms in total. The monoisotopic (exact) mass is 207 g/mol. The van der Waals surface area contributed by atoms with E-state index in [1.54, 1.807) is 12.1 Å². The number of hydrogen-bond donors (Lipinski definition) is 1. The molecule has 1 aliphatic carbocycles. The highest BCUT2D eigenvalue weighted by molar-refractivity contribution is 5.20. The summed E-state index contributed by atoms with van der Waals surface area (Å²) in [6.45, 7) is 1.87. The van der Waals surface area contributed by atoms with Gasteiger partial charge in [0.15, 0.2) is 0 Å². The predicted octanol–water partition coefficient (Wildman–Crippen LogP) is 3.03. The van der Waals surface area contributed by atoms with Crippen LogP contribution in [-0.4, -0.2) is 10.7 Å². The maximum absolute atomic E-state index is 13.0. The topological polar surface area (TPSA) is 20.2 Å². The lowest BCUT2D eigenvalue weighted by Crippen LogP contribution is -2.29. The van der Waals surface area contributed by atoms with Crippen molar-refractivity contribution in [2.45, 2.75) is 44.1 Å². The minimum Gasteiger partial charge on any atom is -0.390 e. The molecule has 1 fully saturated rings. The van der Waals surface area contributed by atoms with E-state index < -0.39 is 5.60 Å². The van der Waals surface area contributed by atoms with Crippen LogP contribution in [0.25, 0.3) is 0 Å². The molecular weight excluding hydrogens is 191 g/mol. The van der Waals surface area contributed by atoms with Crippen LogP contribution < -0.4 is 0 Å². The van der Waals surface area contributed by atoms with E-state index in [0.29, 0.717) is 5.92 Å². The summed E-state index contributed by atoms with van der Waals surface area (Å²) < 4.78 is 13.0. The molecular formula is C13H16FO. The van der Waals surface area contributed by atoms with Gasteiger partial charge >= 0.3 is 0 Å². The van der Waals surface area contributed by atoms with Crippen LogP contribution in [0.3, 0.4) is 0 Å². The summed E-state index contributed by atoms with van der Waals surface area (Å²) in [5.74, 6) is 0.169. The number of halogens is 1. The summed E-state index contributed by atoms with van der Waals surface area (Å²) in [6.07, 6.45) is 3.43. The average Bonchev–Trinajstić information content (AvgIpc) is 2.17. The number of aliphatic hydroxyl groups is 1. The van der Waals surface area contributed by atoms with Gasteiger partial charge in [-0.3, -0.25) is 0 Å². The van der Waals surface area contributed by atoms with E-state index in [-0.39, 0.29) is 5.82 Å². The van der Waals surface area contributed by atoms with E-state index >= 15 is 0 Å². The average molecular weight is 207 g/mol. The lowest BCUT2D eigenvalue weighted by molar-refractivity contribution is 0.0171. The van der Waals surface area contributed by atoms with Crippen LogP contribution in [0, 0.1) is 11.9 Å². The van der Waals surface area contributed by atoms with Gasteiger partial charge in [-0.05, 0) is 62.3 Å². The van der Waals surface area contributed by atoms with Gasteiger partial charge in [-0.2, -0.15) is 0 Å². The fraction of sp³-hybridized carbons (Fsp3) is 0.538. The highest BCUT2D eigenvalue weighted by atomic mass is 19.1. The molecule has 0 atom stereocenters. The molecule has 15 heavy (non-hydrogen) atoms. The zero-order chi connectivity index (χ0) is 10.9. The van der Waals surface area contributed by atoms with Crippen LogP contribution in [0.15, 0.2) is 18.2 Å². The largest absolute Gasteiger partial charge is 0.390 e. The third-order valence-electron chi connectivity index (χ3n) is 3.29. The smallest absolute Gasteiger partial charge is 0.123 e. The second-order valence-electron chi connectivity index (χ2n) is 4.73. The van der Waals surface area contributed by atoms with Crippen molar-refractivity contribution in [1.82, 2.24) is 0 Å². The Morgan fingerprint density at radius 1 is 1.47 bits per heavy atom. The van der Waals surface area contributed by atoms with Gasteiger partial charge in [-0.25, -0.2) is 4.39 Å². The summed E-state index contributed by atoms with van der Waals surface area (Å²) >= 11 is 0. The first-order valence-electron chi connectivity index (χ1n) is 5.46. The molecule has 1 aliphatic rings. The summed E-state index contributed by atoms with van der Waals surface area (Å²) in [6, 6.07) is 7.70.